The molecule has 0 aliphatic carbocycles. The van der Waals surface area contributed by atoms with Crippen molar-refractivity contribution in [2.75, 3.05) is 5.32 Å². The molecule has 2 aromatic heterocycles. The van der Waals surface area contributed by atoms with Crippen LogP contribution in [0.5, 0.6) is 0 Å². The van der Waals surface area contributed by atoms with Gasteiger partial charge in [0.15, 0.2) is 0 Å². The number of carboxylic acids is 1. The Balaban J connectivity index is 1.77. The lowest BCUT2D eigenvalue weighted by Gasteiger charge is -2.07. The Morgan fingerprint density at radius 1 is 1.26 bits per heavy atom. The van der Waals surface area contributed by atoms with E-state index in [1.165, 1.54) is 6.07 Å². The first-order valence-electron chi connectivity index (χ1n) is 7.09. The molecule has 0 bridgehead atoms. The number of para-hydroxylation sites is 1. The third kappa shape index (κ3) is 3.21. The molecule has 0 saturated heterocycles. The van der Waals surface area contributed by atoms with E-state index < -0.39 is 5.97 Å². The number of nitrogens with one attached hydrogen (secondary N) is 1. The monoisotopic (exact) mass is 309 g/mol. The normalized spacial score (nSPS) is 10.7. The number of carboxylic acid groups (broad SMARTS) is 1. The van der Waals surface area contributed by atoms with Crippen molar-refractivity contribution in [2.24, 2.45) is 0 Å². The molecule has 0 aliphatic heterocycles. The van der Waals surface area contributed by atoms with Crippen molar-refractivity contribution in [3.63, 3.8) is 0 Å². The smallest absolute Gasteiger partial charge is 0.337 e. The van der Waals surface area contributed by atoms with Crippen molar-refractivity contribution in [2.45, 2.75) is 13.3 Å². The van der Waals surface area contributed by atoms with Gasteiger partial charge in [0.05, 0.1) is 23.4 Å². The Morgan fingerprint density at radius 2 is 2.04 bits per heavy atom. The van der Waals surface area contributed by atoms with Gasteiger partial charge in [0.25, 0.3) is 0 Å². The molecule has 3 aromatic rings. The molecule has 0 fully saturated rings. The predicted octanol–water partition coefficient (Wildman–Crippen LogP) is 2.52. The number of pyridine rings is 1. The molecule has 2 heterocycles. The minimum Gasteiger partial charge on any atom is -0.478 e. The molecule has 0 unspecified atom stereocenters. The number of anilines is 1. The van der Waals surface area contributed by atoms with Crippen molar-refractivity contribution in [1.29, 1.82) is 0 Å². The number of aromatic carboxylic acids is 1. The molecule has 23 heavy (non-hydrogen) atoms. The van der Waals surface area contributed by atoms with Gasteiger partial charge >= 0.3 is 5.97 Å². The van der Waals surface area contributed by atoms with Gasteiger partial charge in [0.2, 0.25) is 5.91 Å². The molecule has 0 atom stereocenters. The maximum atomic E-state index is 12.1. The maximum absolute atomic E-state index is 12.1. The lowest BCUT2D eigenvalue weighted by molar-refractivity contribution is -0.115. The number of amides is 1. The molecule has 0 spiro atoms. The van der Waals surface area contributed by atoms with Crippen LogP contribution >= 0.6 is 0 Å². The third-order valence-corrected chi connectivity index (χ3v) is 3.44. The fraction of sp³-hybridized carbons (Fsp3) is 0.118. The number of benzene rings is 1. The number of aromatic nitrogens is 2. The van der Waals surface area contributed by atoms with Crippen LogP contribution in [0.25, 0.3) is 5.65 Å². The van der Waals surface area contributed by atoms with Gasteiger partial charge in [-0.25, -0.2) is 9.78 Å². The van der Waals surface area contributed by atoms with Crippen LogP contribution in [0.15, 0.2) is 48.8 Å². The average molecular weight is 309 g/mol. The summed E-state index contributed by atoms with van der Waals surface area (Å²) in [7, 11) is 0. The molecule has 6 nitrogen and oxygen atoms in total. The molecule has 2 N–H and O–H groups in total. The summed E-state index contributed by atoms with van der Waals surface area (Å²) in [5.41, 5.74) is 2.84. The molecule has 0 saturated carbocycles. The number of carbonyl (C=O) groups is 2. The first kappa shape index (κ1) is 14.8. The van der Waals surface area contributed by atoms with Crippen LogP contribution in [0.4, 0.5) is 5.69 Å². The summed E-state index contributed by atoms with van der Waals surface area (Å²) in [4.78, 5) is 27.7. The average Bonchev–Trinajstić information content (AvgIpc) is 2.88. The third-order valence-electron chi connectivity index (χ3n) is 3.44. The lowest BCUT2D eigenvalue weighted by atomic mass is 10.1. The van der Waals surface area contributed by atoms with E-state index in [4.69, 9.17) is 5.11 Å². The van der Waals surface area contributed by atoms with Crippen LogP contribution in [0, 0.1) is 6.92 Å². The number of rotatable bonds is 4. The largest absolute Gasteiger partial charge is 0.478 e. The first-order valence-corrected chi connectivity index (χ1v) is 7.09. The summed E-state index contributed by atoms with van der Waals surface area (Å²) in [6.07, 6.45) is 3.75. The van der Waals surface area contributed by atoms with Gasteiger partial charge in [-0.2, -0.15) is 0 Å². The maximum Gasteiger partial charge on any atom is 0.337 e. The second kappa shape index (κ2) is 5.92. The van der Waals surface area contributed by atoms with E-state index in [0.29, 0.717) is 5.69 Å². The second-order valence-electron chi connectivity index (χ2n) is 5.28. The first-order chi connectivity index (χ1) is 11.0. The predicted molar refractivity (Wildman–Crippen MR) is 85.7 cm³/mol. The minimum absolute atomic E-state index is 0.0616. The quantitative estimate of drug-likeness (QED) is 0.775. The molecule has 1 aromatic carbocycles. The fourth-order valence-electron chi connectivity index (χ4n) is 2.36. The zero-order chi connectivity index (χ0) is 16.4. The molecular weight excluding hydrogens is 294 g/mol. The Labute approximate surface area is 132 Å². The molecule has 116 valence electrons. The highest BCUT2D eigenvalue weighted by Crippen LogP contribution is 2.15. The lowest BCUT2D eigenvalue weighted by Crippen LogP contribution is -2.16. The molecule has 1 amide bonds. The molecule has 0 aliphatic rings. The Kier molecular flexibility index (Phi) is 3.80. The zero-order valence-corrected chi connectivity index (χ0v) is 12.5. The van der Waals surface area contributed by atoms with Crippen molar-refractivity contribution >= 4 is 23.2 Å². The van der Waals surface area contributed by atoms with Crippen LogP contribution < -0.4 is 5.32 Å². The van der Waals surface area contributed by atoms with E-state index in [2.05, 4.69) is 10.3 Å². The van der Waals surface area contributed by atoms with E-state index in [1.54, 1.807) is 24.4 Å². The highest BCUT2D eigenvalue weighted by molar-refractivity contribution is 6.00. The van der Waals surface area contributed by atoms with E-state index in [-0.39, 0.29) is 23.6 Å². The van der Waals surface area contributed by atoms with E-state index in [0.717, 1.165) is 11.2 Å². The number of nitrogens with zero attached hydrogens (tertiary/aromatic N) is 2. The van der Waals surface area contributed by atoms with Gasteiger partial charge in [0, 0.05) is 12.4 Å². The number of carbonyl (C=O) groups excluding carboxylic acids is 1. The van der Waals surface area contributed by atoms with Crippen LogP contribution in [0.2, 0.25) is 0 Å². The summed E-state index contributed by atoms with van der Waals surface area (Å²) in [6, 6.07) is 10.2. The standard InChI is InChI=1S/C17H15N3O3/c1-11-6-7-20-10-12(18-15(20)8-11)9-16(21)19-14-5-3-2-4-13(14)17(22)23/h2-8,10H,9H2,1H3,(H,19,21)(H,22,23). The van der Waals surface area contributed by atoms with Crippen LogP contribution in [0.1, 0.15) is 21.6 Å². The van der Waals surface area contributed by atoms with E-state index in [9.17, 15) is 9.59 Å². The summed E-state index contributed by atoms with van der Waals surface area (Å²) in [6.45, 7) is 1.98. The van der Waals surface area contributed by atoms with Crippen LogP contribution in [0.3, 0.4) is 0 Å². The highest BCUT2D eigenvalue weighted by Gasteiger charge is 2.13. The van der Waals surface area contributed by atoms with E-state index in [1.807, 2.05) is 29.7 Å². The highest BCUT2D eigenvalue weighted by atomic mass is 16.4. The van der Waals surface area contributed by atoms with Gasteiger partial charge < -0.3 is 14.8 Å². The molecule has 3 rings (SSSR count). The Bertz CT molecular complexity index is 899. The fourth-order valence-corrected chi connectivity index (χ4v) is 2.36. The van der Waals surface area contributed by atoms with Crippen molar-refractivity contribution in [3.05, 3.63) is 65.6 Å². The van der Waals surface area contributed by atoms with Gasteiger partial charge in [0.1, 0.15) is 5.65 Å². The molecule has 0 radical (unpaired) electrons. The zero-order valence-electron chi connectivity index (χ0n) is 12.5. The summed E-state index contributed by atoms with van der Waals surface area (Å²) < 4.78 is 1.85. The summed E-state index contributed by atoms with van der Waals surface area (Å²) in [5.74, 6) is -1.39. The number of hydrogen-bond acceptors (Lipinski definition) is 3. The van der Waals surface area contributed by atoms with Crippen molar-refractivity contribution in [1.82, 2.24) is 9.38 Å². The Hall–Kier alpha value is -3.15. The topological polar surface area (TPSA) is 83.7 Å². The van der Waals surface area contributed by atoms with E-state index >= 15 is 0 Å². The van der Waals surface area contributed by atoms with Gasteiger partial charge in [-0.1, -0.05) is 12.1 Å². The minimum atomic E-state index is -1.08. The summed E-state index contributed by atoms with van der Waals surface area (Å²) >= 11 is 0. The number of imidazole rings is 1. The SMILES string of the molecule is Cc1ccn2cc(CC(=O)Nc3ccccc3C(=O)O)nc2c1. The van der Waals surface area contributed by atoms with Crippen molar-refractivity contribution in [3.8, 4) is 0 Å². The van der Waals surface area contributed by atoms with Crippen molar-refractivity contribution < 1.29 is 14.7 Å². The Morgan fingerprint density at radius 3 is 2.83 bits per heavy atom. The van der Waals surface area contributed by atoms with Crippen LogP contribution in [-0.4, -0.2) is 26.4 Å². The number of fused-ring (bicyclic) bond motifs is 1. The molecule has 6 heteroatoms. The summed E-state index contributed by atoms with van der Waals surface area (Å²) in [5, 5.41) is 11.7. The van der Waals surface area contributed by atoms with Gasteiger partial charge in [-0.15, -0.1) is 0 Å². The van der Waals surface area contributed by atoms with Gasteiger partial charge in [-0.3, -0.25) is 4.79 Å². The second-order valence-corrected chi connectivity index (χ2v) is 5.28. The van der Waals surface area contributed by atoms with Gasteiger partial charge in [-0.05, 0) is 36.8 Å². The number of aryl methyl sites for hydroxylation is 1. The molecular formula is C17H15N3O3. The number of hydrogen-bond donors (Lipinski definition) is 2. The van der Waals surface area contributed by atoms with Crippen LogP contribution in [-0.2, 0) is 11.2 Å².